The highest BCUT2D eigenvalue weighted by Crippen LogP contribution is 2.22. The van der Waals surface area contributed by atoms with E-state index in [0.717, 1.165) is 6.42 Å². The van der Waals surface area contributed by atoms with E-state index in [1.54, 1.807) is 0 Å². The van der Waals surface area contributed by atoms with Crippen LogP contribution in [-0.4, -0.2) is 18.1 Å². The van der Waals surface area contributed by atoms with Crippen molar-refractivity contribution < 1.29 is 0 Å². The molecule has 0 aliphatic rings. The number of nitrogens with one attached hydrogen (secondary N) is 1. The number of halogens is 1. The Morgan fingerprint density at radius 2 is 1.92 bits per heavy atom. The Labute approximate surface area is 80.9 Å². The van der Waals surface area contributed by atoms with Gasteiger partial charge in [-0.1, -0.05) is 27.7 Å². The van der Waals surface area contributed by atoms with Gasteiger partial charge in [-0.2, -0.15) is 0 Å². The first-order valence-electron chi connectivity index (χ1n) is 4.52. The Bertz CT molecular complexity index is 120. The lowest BCUT2D eigenvalue weighted by atomic mass is 9.85. The van der Waals surface area contributed by atoms with Gasteiger partial charge in [-0.05, 0) is 11.8 Å². The maximum absolute atomic E-state index is 5.91. The fourth-order valence-corrected chi connectivity index (χ4v) is 1.42. The predicted molar refractivity (Wildman–Crippen MR) is 55.4 cm³/mol. The second kappa shape index (κ2) is 5.05. The van der Waals surface area contributed by atoms with Crippen LogP contribution in [0.5, 0.6) is 0 Å². The molecule has 0 aliphatic carbocycles. The highest BCUT2D eigenvalue weighted by atomic mass is 35.5. The molecular formula is C9H21ClN2. The molecule has 74 valence electrons. The maximum atomic E-state index is 5.91. The smallest absolute Gasteiger partial charge is 0.0951 e. The van der Waals surface area contributed by atoms with E-state index in [9.17, 15) is 0 Å². The summed E-state index contributed by atoms with van der Waals surface area (Å²) in [4.78, 5) is 0. The largest absolute Gasteiger partial charge is 0.328 e. The third-order valence-electron chi connectivity index (χ3n) is 2.04. The van der Waals surface area contributed by atoms with Gasteiger partial charge in [0.25, 0.3) is 0 Å². The molecule has 2 atom stereocenters. The van der Waals surface area contributed by atoms with Crippen LogP contribution >= 0.6 is 11.6 Å². The Morgan fingerprint density at radius 3 is 2.17 bits per heavy atom. The van der Waals surface area contributed by atoms with Crippen LogP contribution in [0.4, 0.5) is 0 Å². The summed E-state index contributed by atoms with van der Waals surface area (Å²) in [5, 5.41) is 3.30. The molecule has 3 heteroatoms. The molecule has 2 unspecified atom stereocenters. The molecule has 0 heterocycles. The molecule has 0 radical (unpaired) electrons. The predicted octanol–water partition coefficient (Wildman–Crippen LogP) is 1.92. The van der Waals surface area contributed by atoms with Gasteiger partial charge >= 0.3 is 0 Å². The zero-order chi connectivity index (χ0) is 9.78. The van der Waals surface area contributed by atoms with Gasteiger partial charge in [0.1, 0.15) is 0 Å². The van der Waals surface area contributed by atoms with E-state index in [2.05, 4.69) is 33.0 Å². The first kappa shape index (κ1) is 12.2. The van der Waals surface area contributed by atoms with Crippen molar-refractivity contribution in [2.24, 2.45) is 11.1 Å². The molecule has 12 heavy (non-hydrogen) atoms. The van der Waals surface area contributed by atoms with Crippen LogP contribution in [0.3, 0.4) is 0 Å². The Kier molecular flexibility index (Phi) is 5.14. The van der Waals surface area contributed by atoms with Gasteiger partial charge < -0.3 is 5.73 Å². The van der Waals surface area contributed by atoms with Crippen molar-refractivity contribution >= 4 is 11.6 Å². The minimum atomic E-state index is -0.103. The average molecular weight is 193 g/mol. The molecule has 0 spiro atoms. The van der Waals surface area contributed by atoms with Gasteiger partial charge in [-0.15, -0.1) is 11.6 Å². The number of alkyl halides is 1. The average Bonchev–Trinajstić information content (AvgIpc) is 1.97. The van der Waals surface area contributed by atoms with Crippen molar-refractivity contribution in [2.75, 3.05) is 6.54 Å². The highest BCUT2D eigenvalue weighted by Gasteiger charge is 2.23. The maximum Gasteiger partial charge on any atom is 0.0951 e. The van der Waals surface area contributed by atoms with Gasteiger partial charge in [0.2, 0.25) is 0 Å². The van der Waals surface area contributed by atoms with Crippen molar-refractivity contribution in [3.63, 3.8) is 0 Å². The Morgan fingerprint density at radius 1 is 1.42 bits per heavy atom. The summed E-state index contributed by atoms with van der Waals surface area (Å²) in [6.45, 7) is 9.24. The summed E-state index contributed by atoms with van der Waals surface area (Å²) in [6, 6.07) is 0.434. The van der Waals surface area contributed by atoms with Crippen molar-refractivity contribution in [1.29, 1.82) is 0 Å². The summed E-state index contributed by atoms with van der Waals surface area (Å²) in [5.74, 6) is 0. The van der Waals surface area contributed by atoms with Gasteiger partial charge in [-0.25, -0.2) is 0 Å². The third-order valence-corrected chi connectivity index (χ3v) is 2.35. The Hall–Kier alpha value is 0.210. The van der Waals surface area contributed by atoms with Crippen LogP contribution in [0.15, 0.2) is 0 Å². The molecule has 0 fully saturated rings. The lowest BCUT2D eigenvalue weighted by molar-refractivity contribution is 0.257. The minimum Gasteiger partial charge on any atom is -0.328 e. The minimum absolute atomic E-state index is 0.103. The van der Waals surface area contributed by atoms with E-state index >= 15 is 0 Å². The summed E-state index contributed by atoms with van der Waals surface area (Å²) >= 11 is 5.91. The molecule has 3 N–H and O–H groups in total. The summed E-state index contributed by atoms with van der Waals surface area (Å²) < 4.78 is 0. The summed E-state index contributed by atoms with van der Waals surface area (Å²) in [7, 11) is 0. The topological polar surface area (TPSA) is 38.0 Å². The van der Waals surface area contributed by atoms with Crippen molar-refractivity contribution in [1.82, 2.24) is 5.32 Å². The summed E-state index contributed by atoms with van der Waals surface area (Å²) in [5.41, 5.74) is 5.57. The number of nitrogens with two attached hydrogens (primary N) is 1. The number of hydrogen-bond acceptors (Lipinski definition) is 2. The van der Waals surface area contributed by atoms with Crippen molar-refractivity contribution in [2.45, 2.75) is 45.7 Å². The van der Waals surface area contributed by atoms with Crippen LogP contribution in [0.25, 0.3) is 0 Å². The molecule has 0 aromatic heterocycles. The zero-order valence-corrected chi connectivity index (χ0v) is 9.28. The van der Waals surface area contributed by atoms with Crippen LogP contribution in [-0.2, 0) is 0 Å². The van der Waals surface area contributed by atoms with Crippen LogP contribution in [0.1, 0.15) is 34.1 Å². The van der Waals surface area contributed by atoms with E-state index < -0.39 is 0 Å². The highest BCUT2D eigenvalue weighted by molar-refractivity contribution is 6.20. The fraction of sp³-hybridized carbons (Fsp3) is 1.00. The quantitative estimate of drug-likeness (QED) is 0.528. The molecule has 2 nitrogen and oxygen atoms in total. The van der Waals surface area contributed by atoms with E-state index in [1.807, 2.05) is 0 Å². The molecule has 0 rings (SSSR count). The van der Waals surface area contributed by atoms with E-state index in [1.165, 1.54) is 0 Å². The first-order valence-corrected chi connectivity index (χ1v) is 4.95. The molecular weight excluding hydrogens is 172 g/mol. The van der Waals surface area contributed by atoms with E-state index in [0.29, 0.717) is 12.6 Å². The standard InChI is InChI=1S/C9H21ClN2/c1-5-7(9(2,3)4)12-8(10)6-11/h7-8,12H,5-6,11H2,1-4H3. The van der Waals surface area contributed by atoms with Crippen molar-refractivity contribution in [3.8, 4) is 0 Å². The third kappa shape index (κ3) is 4.29. The van der Waals surface area contributed by atoms with Gasteiger partial charge in [0.15, 0.2) is 0 Å². The van der Waals surface area contributed by atoms with E-state index in [-0.39, 0.29) is 10.9 Å². The second-order valence-electron chi connectivity index (χ2n) is 4.20. The Balaban J connectivity index is 4.00. The second-order valence-corrected chi connectivity index (χ2v) is 4.72. The van der Waals surface area contributed by atoms with Crippen LogP contribution in [0, 0.1) is 5.41 Å². The van der Waals surface area contributed by atoms with Crippen molar-refractivity contribution in [3.05, 3.63) is 0 Å². The van der Waals surface area contributed by atoms with Crippen LogP contribution in [0.2, 0.25) is 0 Å². The SMILES string of the molecule is CCC(NC(Cl)CN)C(C)(C)C. The molecule has 0 aromatic rings. The van der Waals surface area contributed by atoms with Gasteiger partial charge in [-0.3, -0.25) is 5.32 Å². The van der Waals surface area contributed by atoms with Gasteiger partial charge in [0.05, 0.1) is 5.50 Å². The summed E-state index contributed by atoms with van der Waals surface area (Å²) in [6.07, 6.45) is 1.08. The number of hydrogen-bond donors (Lipinski definition) is 2. The molecule has 0 bridgehead atoms. The van der Waals surface area contributed by atoms with Gasteiger partial charge in [0, 0.05) is 12.6 Å². The normalized spacial score (nSPS) is 17.5. The van der Waals surface area contributed by atoms with E-state index in [4.69, 9.17) is 17.3 Å². The fourth-order valence-electron chi connectivity index (χ4n) is 1.27. The number of rotatable bonds is 4. The lowest BCUT2D eigenvalue weighted by Crippen LogP contribution is -2.45. The monoisotopic (exact) mass is 192 g/mol. The molecule has 0 saturated heterocycles. The lowest BCUT2D eigenvalue weighted by Gasteiger charge is -2.32. The zero-order valence-electron chi connectivity index (χ0n) is 8.52. The molecule has 0 saturated carbocycles. The van der Waals surface area contributed by atoms with Crippen LogP contribution < -0.4 is 11.1 Å². The molecule has 0 amide bonds. The molecule has 0 aromatic carbocycles. The molecule has 0 aliphatic heterocycles. The first-order chi connectivity index (χ1) is 5.41.